The molecule has 0 fully saturated rings. The largest absolute Gasteiger partial charge is 0.573 e. The Labute approximate surface area is 166 Å². The number of rotatable bonds is 5. The SMILES string of the molecule is OCc1cc(-c2ccc(OC(F)(F)F)cc2)ncc1-c1ccc(OC(F)(F)F)cc1. The minimum atomic E-state index is -4.80. The number of aliphatic hydroxyl groups is 1. The van der Waals surface area contributed by atoms with Gasteiger partial charge in [0.05, 0.1) is 12.3 Å². The summed E-state index contributed by atoms with van der Waals surface area (Å²) in [5, 5.41) is 9.68. The predicted molar refractivity (Wildman–Crippen MR) is 94.4 cm³/mol. The Hall–Kier alpha value is -3.27. The molecule has 0 aliphatic heterocycles. The van der Waals surface area contributed by atoms with Crippen LogP contribution in [0.1, 0.15) is 5.56 Å². The Morgan fingerprint density at radius 2 is 1.20 bits per heavy atom. The summed E-state index contributed by atoms with van der Waals surface area (Å²) in [5.74, 6) is -0.769. The number of nitrogens with zero attached hydrogens (tertiary/aromatic N) is 1. The number of alkyl halides is 6. The predicted octanol–water partition coefficient (Wildman–Crippen LogP) is 5.71. The van der Waals surface area contributed by atoms with Crippen molar-refractivity contribution in [2.45, 2.75) is 19.3 Å². The number of aromatic nitrogens is 1. The van der Waals surface area contributed by atoms with Crippen LogP contribution in [-0.2, 0) is 6.61 Å². The highest BCUT2D eigenvalue weighted by Crippen LogP contribution is 2.31. The summed E-state index contributed by atoms with van der Waals surface area (Å²) in [4.78, 5) is 4.23. The zero-order chi connectivity index (χ0) is 21.9. The van der Waals surface area contributed by atoms with Gasteiger partial charge in [0.25, 0.3) is 0 Å². The number of hydrogen-bond acceptors (Lipinski definition) is 4. The molecule has 1 aromatic heterocycles. The van der Waals surface area contributed by atoms with Gasteiger partial charge in [-0.05, 0) is 53.6 Å². The zero-order valence-corrected chi connectivity index (χ0v) is 15.0. The van der Waals surface area contributed by atoms with Crippen molar-refractivity contribution in [1.29, 1.82) is 0 Å². The molecule has 0 saturated carbocycles. The van der Waals surface area contributed by atoms with Gasteiger partial charge in [-0.1, -0.05) is 12.1 Å². The Kier molecular flexibility index (Phi) is 5.88. The summed E-state index contributed by atoms with van der Waals surface area (Å²) in [6, 6.07) is 11.6. The van der Waals surface area contributed by atoms with E-state index in [-0.39, 0.29) is 18.1 Å². The van der Waals surface area contributed by atoms with E-state index in [0.717, 1.165) is 24.3 Å². The fourth-order valence-electron chi connectivity index (χ4n) is 2.71. The summed E-state index contributed by atoms with van der Waals surface area (Å²) in [6.07, 6.45) is -8.19. The van der Waals surface area contributed by atoms with E-state index in [2.05, 4.69) is 14.5 Å². The van der Waals surface area contributed by atoms with Crippen LogP contribution in [0.2, 0.25) is 0 Å². The van der Waals surface area contributed by atoms with Crippen LogP contribution in [0.15, 0.2) is 60.8 Å². The first-order valence-corrected chi connectivity index (χ1v) is 8.36. The molecule has 1 N–H and O–H groups in total. The Bertz CT molecular complexity index is 999. The van der Waals surface area contributed by atoms with Crippen LogP contribution in [0.25, 0.3) is 22.4 Å². The van der Waals surface area contributed by atoms with Gasteiger partial charge in [0.15, 0.2) is 0 Å². The molecule has 0 aliphatic rings. The molecular formula is C20H13F6NO3. The van der Waals surface area contributed by atoms with Crippen LogP contribution in [0, 0.1) is 0 Å². The zero-order valence-electron chi connectivity index (χ0n) is 15.0. The lowest BCUT2D eigenvalue weighted by Gasteiger charge is -2.12. The van der Waals surface area contributed by atoms with Gasteiger partial charge in [-0.25, -0.2) is 0 Å². The molecule has 4 nitrogen and oxygen atoms in total. The van der Waals surface area contributed by atoms with Crippen molar-refractivity contribution in [3.63, 3.8) is 0 Å². The van der Waals surface area contributed by atoms with Gasteiger partial charge in [0.1, 0.15) is 11.5 Å². The van der Waals surface area contributed by atoms with Gasteiger partial charge < -0.3 is 14.6 Å². The van der Waals surface area contributed by atoms with Gasteiger partial charge in [0.2, 0.25) is 0 Å². The van der Waals surface area contributed by atoms with Crippen LogP contribution < -0.4 is 9.47 Å². The standard InChI is InChI=1S/C20H13F6NO3/c21-19(22,23)29-15-5-1-12(2-6-15)17-10-27-18(9-14(17)11-28)13-3-7-16(8-4-13)30-20(24,25)26/h1-10,28H,11H2. The molecule has 0 aliphatic carbocycles. The molecule has 10 heteroatoms. The van der Waals surface area contributed by atoms with Crippen molar-refractivity contribution in [2.75, 3.05) is 0 Å². The lowest BCUT2D eigenvalue weighted by molar-refractivity contribution is -0.275. The van der Waals surface area contributed by atoms with Crippen LogP contribution >= 0.6 is 0 Å². The van der Waals surface area contributed by atoms with Crippen LogP contribution in [0.5, 0.6) is 11.5 Å². The lowest BCUT2D eigenvalue weighted by atomic mass is 10.00. The maximum atomic E-state index is 12.3. The molecule has 0 saturated heterocycles. The molecule has 3 rings (SSSR count). The number of pyridine rings is 1. The first kappa shape index (κ1) is 21.4. The van der Waals surface area contributed by atoms with E-state index >= 15 is 0 Å². The molecule has 1 heterocycles. The summed E-state index contributed by atoms with van der Waals surface area (Å²) < 4.78 is 81.2. The summed E-state index contributed by atoms with van der Waals surface area (Å²) in [7, 11) is 0. The van der Waals surface area contributed by atoms with Crippen LogP contribution in [0.4, 0.5) is 26.3 Å². The third kappa shape index (κ3) is 5.63. The topological polar surface area (TPSA) is 51.6 Å². The van der Waals surface area contributed by atoms with E-state index in [1.54, 1.807) is 0 Å². The molecule has 0 atom stereocenters. The average Bonchev–Trinajstić information content (AvgIpc) is 2.66. The fraction of sp³-hybridized carbons (Fsp3) is 0.150. The van der Waals surface area contributed by atoms with E-state index < -0.39 is 12.7 Å². The van der Waals surface area contributed by atoms with Gasteiger partial charge >= 0.3 is 12.7 Å². The van der Waals surface area contributed by atoms with Crippen molar-refractivity contribution in [3.05, 3.63) is 66.4 Å². The van der Waals surface area contributed by atoms with E-state index in [1.165, 1.54) is 36.5 Å². The van der Waals surface area contributed by atoms with Crippen LogP contribution in [0.3, 0.4) is 0 Å². The van der Waals surface area contributed by atoms with Crippen molar-refractivity contribution in [1.82, 2.24) is 4.98 Å². The Balaban J connectivity index is 1.85. The summed E-state index contributed by atoms with van der Waals surface area (Å²) >= 11 is 0. The molecule has 0 spiro atoms. The maximum absolute atomic E-state index is 12.3. The Morgan fingerprint density at radius 1 is 0.733 bits per heavy atom. The normalized spacial score (nSPS) is 12.0. The highest BCUT2D eigenvalue weighted by Gasteiger charge is 2.31. The third-order valence-corrected chi connectivity index (χ3v) is 3.94. The number of ether oxygens (including phenoxy) is 2. The average molecular weight is 429 g/mol. The number of hydrogen-bond donors (Lipinski definition) is 1. The molecule has 0 unspecified atom stereocenters. The number of halogens is 6. The number of aliphatic hydroxyl groups excluding tert-OH is 1. The van der Waals surface area contributed by atoms with Crippen molar-refractivity contribution < 1.29 is 40.9 Å². The summed E-state index contributed by atoms with van der Waals surface area (Å²) in [5.41, 5.74) is 2.29. The van der Waals surface area contributed by atoms with Gasteiger partial charge in [0, 0.05) is 17.3 Å². The second-order valence-corrected chi connectivity index (χ2v) is 6.03. The Morgan fingerprint density at radius 3 is 1.63 bits per heavy atom. The minimum Gasteiger partial charge on any atom is -0.406 e. The van der Waals surface area contributed by atoms with Gasteiger partial charge in [-0.3, -0.25) is 4.98 Å². The lowest BCUT2D eigenvalue weighted by Crippen LogP contribution is -2.17. The molecule has 2 aromatic carbocycles. The monoisotopic (exact) mass is 429 g/mol. The first-order valence-electron chi connectivity index (χ1n) is 8.36. The van der Waals surface area contributed by atoms with E-state index in [0.29, 0.717) is 27.9 Å². The second-order valence-electron chi connectivity index (χ2n) is 6.03. The van der Waals surface area contributed by atoms with Crippen molar-refractivity contribution in [3.8, 4) is 33.9 Å². The second kappa shape index (κ2) is 8.23. The quantitative estimate of drug-likeness (QED) is 0.529. The molecule has 30 heavy (non-hydrogen) atoms. The van der Waals surface area contributed by atoms with E-state index in [4.69, 9.17) is 0 Å². The van der Waals surface area contributed by atoms with Gasteiger partial charge in [-0.2, -0.15) is 0 Å². The minimum absolute atomic E-state index is 0.383. The van der Waals surface area contributed by atoms with Gasteiger partial charge in [-0.15, -0.1) is 26.3 Å². The highest BCUT2D eigenvalue weighted by atomic mass is 19.4. The third-order valence-electron chi connectivity index (χ3n) is 3.94. The molecular weight excluding hydrogens is 416 g/mol. The van der Waals surface area contributed by atoms with E-state index in [9.17, 15) is 31.4 Å². The smallest absolute Gasteiger partial charge is 0.406 e. The fourth-order valence-corrected chi connectivity index (χ4v) is 2.71. The van der Waals surface area contributed by atoms with Crippen molar-refractivity contribution >= 4 is 0 Å². The molecule has 158 valence electrons. The highest BCUT2D eigenvalue weighted by molar-refractivity contribution is 5.71. The molecule has 0 radical (unpaired) electrons. The summed E-state index contributed by atoms with van der Waals surface area (Å²) in [6.45, 7) is -0.388. The molecule has 3 aromatic rings. The first-order chi connectivity index (χ1) is 14.0. The van der Waals surface area contributed by atoms with Crippen molar-refractivity contribution in [2.24, 2.45) is 0 Å². The maximum Gasteiger partial charge on any atom is 0.573 e. The van der Waals surface area contributed by atoms with Crippen LogP contribution in [-0.4, -0.2) is 22.8 Å². The molecule has 0 bridgehead atoms. The van der Waals surface area contributed by atoms with E-state index in [1.807, 2.05) is 0 Å². The number of benzene rings is 2. The molecule has 0 amide bonds.